The number of hydrogen-bond donors (Lipinski definition) is 3. The van der Waals surface area contributed by atoms with Crippen LogP contribution in [0, 0.1) is 5.92 Å². The first-order valence-corrected chi connectivity index (χ1v) is 6.21. The van der Waals surface area contributed by atoms with E-state index in [9.17, 15) is 9.59 Å². The molecule has 0 aliphatic carbocycles. The van der Waals surface area contributed by atoms with Gasteiger partial charge in [-0.1, -0.05) is 13.8 Å². The summed E-state index contributed by atoms with van der Waals surface area (Å²) in [6.45, 7) is 3.71. The third-order valence-corrected chi connectivity index (χ3v) is 3.15. The molecule has 0 bridgehead atoms. The van der Waals surface area contributed by atoms with E-state index in [2.05, 4.69) is 21.2 Å². The molecule has 1 aromatic rings. The molecule has 18 heavy (non-hydrogen) atoms. The fourth-order valence-electron chi connectivity index (χ4n) is 1.27. The molecule has 1 unspecified atom stereocenters. The van der Waals surface area contributed by atoms with Gasteiger partial charge in [0.1, 0.15) is 0 Å². The van der Waals surface area contributed by atoms with E-state index >= 15 is 0 Å². The lowest BCUT2D eigenvalue weighted by Crippen LogP contribution is -2.39. The zero-order valence-corrected chi connectivity index (χ0v) is 11.7. The molecule has 0 saturated heterocycles. The van der Waals surface area contributed by atoms with Crippen LogP contribution in [0.1, 0.15) is 24.2 Å². The van der Waals surface area contributed by atoms with Crippen molar-refractivity contribution in [3.63, 3.8) is 0 Å². The van der Waals surface area contributed by atoms with Crippen LogP contribution in [0.25, 0.3) is 0 Å². The number of carbonyl (C=O) groups is 2. The fraction of sp³-hybridized carbons (Fsp3) is 0.333. The highest BCUT2D eigenvalue weighted by Gasteiger charge is 2.18. The molecule has 0 fully saturated rings. The number of carboxylic acids is 1. The standard InChI is InChI=1S/C12H15BrN2O3/c1-6(2)10(14)11(16)15-9-4-3-7(12(17)18)5-8(9)13/h3-6,10H,14H2,1-2H3,(H,15,16)(H,17,18). The number of halogens is 1. The molecule has 0 aliphatic heterocycles. The minimum atomic E-state index is -1.02. The van der Waals surface area contributed by atoms with E-state index in [1.54, 1.807) is 0 Å². The lowest BCUT2D eigenvalue weighted by atomic mass is 10.0. The first-order valence-electron chi connectivity index (χ1n) is 5.42. The van der Waals surface area contributed by atoms with Crippen molar-refractivity contribution < 1.29 is 14.7 Å². The maximum Gasteiger partial charge on any atom is 0.335 e. The van der Waals surface area contributed by atoms with Gasteiger partial charge in [0.25, 0.3) is 0 Å². The summed E-state index contributed by atoms with van der Waals surface area (Å²) in [5, 5.41) is 11.5. The molecule has 0 heterocycles. The van der Waals surface area contributed by atoms with E-state index in [0.717, 1.165) is 0 Å². The molecule has 1 amide bonds. The van der Waals surface area contributed by atoms with Gasteiger partial charge in [0, 0.05) is 4.47 Å². The van der Waals surface area contributed by atoms with Crippen molar-refractivity contribution in [3.05, 3.63) is 28.2 Å². The molecule has 1 rings (SSSR count). The normalized spacial score (nSPS) is 12.3. The van der Waals surface area contributed by atoms with Gasteiger partial charge in [-0.3, -0.25) is 4.79 Å². The Bertz CT molecular complexity index is 474. The van der Waals surface area contributed by atoms with Gasteiger partial charge < -0.3 is 16.2 Å². The van der Waals surface area contributed by atoms with Gasteiger partial charge in [0.2, 0.25) is 5.91 Å². The van der Waals surface area contributed by atoms with E-state index in [4.69, 9.17) is 10.8 Å². The number of nitrogens with two attached hydrogens (primary N) is 1. The largest absolute Gasteiger partial charge is 0.478 e. The van der Waals surface area contributed by atoms with Gasteiger partial charge >= 0.3 is 5.97 Å². The van der Waals surface area contributed by atoms with E-state index in [-0.39, 0.29) is 17.4 Å². The molecular formula is C12H15BrN2O3. The van der Waals surface area contributed by atoms with Crippen LogP contribution in [-0.4, -0.2) is 23.0 Å². The number of anilines is 1. The molecule has 6 heteroatoms. The summed E-state index contributed by atoms with van der Waals surface area (Å²) >= 11 is 3.21. The molecule has 1 atom stereocenters. The fourth-order valence-corrected chi connectivity index (χ4v) is 1.75. The molecule has 0 aliphatic rings. The first kappa shape index (κ1) is 14.7. The first-order chi connectivity index (χ1) is 8.32. The molecule has 0 saturated carbocycles. The minimum absolute atomic E-state index is 0.0297. The van der Waals surface area contributed by atoms with Crippen molar-refractivity contribution in [2.24, 2.45) is 11.7 Å². The monoisotopic (exact) mass is 314 g/mol. The average Bonchev–Trinajstić information content (AvgIpc) is 2.30. The van der Waals surface area contributed by atoms with Crippen molar-refractivity contribution in [2.45, 2.75) is 19.9 Å². The van der Waals surface area contributed by atoms with Crippen molar-refractivity contribution in [1.29, 1.82) is 0 Å². The molecule has 98 valence electrons. The van der Waals surface area contributed by atoms with Gasteiger partial charge in [-0.15, -0.1) is 0 Å². The van der Waals surface area contributed by atoms with Crippen LogP contribution in [-0.2, 0) is 4.79 Å². The van der Waals surface area contributed by atoms with Crippen LogP contribution in [0.2, 0.25) is 0 Å². The third-order valence-electron chi connectivity index (χ3n) is 2.49. The predicted octanol–water partition coefficient (Wildman–Crippen LogP) is 2.07. The topological polar surface area (TPSA) is 92.4 Å². The Balaban J connectivity index is 2.86. The van der Waals surface area contributed by atoms with E-state index < -0.39 is 12.0 Å². The molecule has 1 aromatic carbocycles. The van der Waals surface area contributed by atoms with Gasteiger partial charge in [-0.2, -0.15) is 0 Å². The number of carboxylic acid groups (broad SMARTS) is 1. The smallest absolute Gasteiger partial charge is 0.335 e. The Morgan fingerprint density at radius 2 is 2.00 bits per heavy atom. The molecular weight excluding hydrogens is 300 g/mol. The summed E-state index contributed by atoms with van der Waals surface area (Å²) in [6, 6.07) is 3.78. The maximum atomic E-state index is 11.8. The van der Waals surface area contributed by atoms with Gasteiger partial charge in [0.15, 0.2) is 0 Å². The van der Waals surface area contributed by atoms with Crippen LogP contribution in [0.5, 0.6) is 0 Å². The highest BCUT2D eigenvalue weighted by atomic mass is 79.9. The van der Waals surface area contributed by atoms with Gasteiger partial charge in [0.05, 0.1) is 17.3 Å². The highest BCUT2D eigenvalue weighted by molar-refractivity contribution is 9.10. The number of hydrogen-bond acceptors (Lipinski definition) is 3. The summed E-state index contributed by atoms with van der Waals surface area (Å²) in [6.07, 6.45) is 0. The summed E-state index contributed by atoms with van der Waals surface area (Å²) in [7, 11) is 0. The SMILES string of the molecule is CC(C)C(N)C(=O)Nc1ccc(C(=O)O)cc1Br. The molecule has 5 nitrogen and oxygen atoms in total. The number of rotatable bonds is 4. The second kappa shape index (κ2) is 5.97. The third kappa shape index (κ3) is 3.54. The van der Waals surface area contributed by atoms with E-state index in [0.29, 0.717) is 10.2 Å². The lowest BCUT2D eigenvalue weighted by Gasteiger charge is -2.16. The van der Waals surface area contributed by atoms with Crippen LogP contribution < -0.4 is 11.1 Å². The minimum Gasteiger partial charge on any atom is -0.478 e. The number of nitrogens with one attached hydrogen (secondary N) is 1. The molecule has 0 aromatic heterocycles. The number of aromatic carboxylic acids is 1. The zero-order chi connectivity index (χ0) is 13.9. The lowest BCUT2D eigenvalue weighted by molar-refractivity contribution is -0.118. The van der Waals surface area contributed by atoms with E-state index in [1.807, 2.05) is 13.8 Å². The quantitative estimate of drug-likeness (QED) is 0.793. The maximum absolute atomic E-state index is 11.8. The van der Waals surface area contributed by atoms with E-state index in [1.165, 1.54) is 18.2 Å². The molecule has 4 N–H and O–H groups in total. The summed E-state index contributed by atoms with van der Waals surface area (Å²) in [4.78, 5) is 22.5. The second-order valence-corrected chi connectivity index (χ2v) is 5.11. The summed E-state index contributed by atoms with van der Waals surface area (Å²) in [5.74, 6) is -1.29. The Morgan fingerprint density at radius 3 is 2.44 bits per heavy atom. The van der Waals surface area contributed by atoms with Crippen molar-refractivity contribution in [1.82, 2.24) is 0 Å². The van der Waals surface area contributed by atoms with Crippen LogP contribution >= 0.6 is 15.9 Å². The Labute approximate surface area is 113 Å². The van der Waals surface area contributed by atoms with Crippen molar-refractivity contribution >= 4 is 33.5 Å². The number of amides is 1. The Morgan fingerprint density at radius 1 is 1.39 bits per heavy atom. The summed E-state index contributed by atoms with van der Waals surface area (Å²) in [5.41, 5.74) is 6.36. The predicted molar refractivity (Wildman–Crippen MR) is 72.5 cm³/mol. The average molecular weight is 315 g/mol. The van der Waals surface area contributed by atoms with Crippen molar-refractivity contribution in [2.75, 3.05) is 5.32 Å². The second-order valence-electron chi connectivity index (χ2n) is 4.26. The van der Waals surface area contributed by atoms with Crippen LogP contribution in [0.15, 0.2) is 22.7 Å². The highest BCUT2D eigenvalue weighted by Crippen LogP contribution is 2.24. The van der Waals surface area contributed by atoms with Gasteiger partial charge in [-0.05, 0) is 40.0 Å². The zero-order valence-electron chi connectivity index (χ0n) is 10.1. The van der Waals surface area contributed by atoms with Gasteiger partial charge in [-0.25, -0.2) is 4.79 Å². The molecule has 0 spiro atoms. The Kier molecular flexibility index (Phi) is 4.86. The summed E-state index contributed by atoms with van der Waals surface area (Å²) < 4.78 is 0.506. The Hall–Kier alpha value is -1.40. The van der Waals surface area contributed by atoms with Crippen LogP contribution in [0.4, 0.5) is 5.69 Å². The van der Waals surface area contributed by atoms with Crippen LogP contribution in [0.3, 0.4) is 0 Å². The molecule has 0 radical (unpaired) electrons. The number of carbonyl (C=O) groups excluding carboxylic acids is 1. The number of benzene rings is 1. The van der Waals surface area contributed by atoms with Crippen molar-refractivity contribution in [3.8, 4) is 0 Å².